The molecule has 0 radical (unpaired) electrons. The van der Waals surface area contributed by atoms with Gasteiger partial charge in [0.05, 0.1) is 13.2 Å². The number of carbonyl (C=O) groups excluding carboxylic acids is 2. The van der Waals surface area contributed by atoms with Crippen molar-refractivity contribution in [3.63, 3.8) is 0 Å². The number of hydrogen-bond donors (Lipinski definition) is 2. The number of alkyl halides is 1. The second-order valence-corrected chi connectivity index (χ2v) is 4.96. The third-order valence-electron chi connectivity index (χ3n) is 3.32. The first-order chi connectivity index (χ1) is 9.54. The smallest absolute Gasteiger partial charge is 0.313 e. The van der Waals surface area contributed by atoms with Gasteiger partial charge in [-0.2, -0.15) is 0 Å². The zero-order valence-corrected chi connectivity index (χ0v) is 11.0. The number of likely N-dealkylation sites (tertiary alicyclic amines) is 1. The van der Waals surface area contributed by atoms with Crippen LogP contribution in [0.4, 0.5) is 10.1 Å². The van der Waals surface area contributed by atoms with Crippen LogP contribution in [-0.2, 0) is 9.59 Å². The van der Waals surface area contributed by atoms with Crippen LogP contribution in [0.5, 0.6) is 0 Å². The van der Waals surface area contributed by atoms with Gasteiger partial charge in [0.25, 0.3) is 0 Å². The van der Waals surface area contributed by atoms with E-state index in [9.17, 15) is 14.0 Å². The molecule has 1 aromatic carbocycles. The Labute approximate surface area is 116 Å². The maximum Gasteiger partial charge on any atom is 0.313 e. The number of anilines is 1. The molecule has 1 aliphatic heterocycles. The first kappa shape index (κ1) is 14.5. The number of aliphatic hydroxyl groups is 1. The molecule has 1 heterocycles. The van der Waals surface area contributed by atoms with E-state index in [2.05, 4.69) is 5.32 Å². The van der Waals surface area contributed by atoms with E-state index in [4.69, 9.17) is 5.11 Å². The van der Waals surface area contributed by atoms with E-state index in [1.807, 2.05) is 0 Å². The highest BCUT2D eigenvalue weighted by molar-refractivity contribution is 6.39. The fourth-order valence-electron chi connectivity index (χ4n) is 2.24. The third kappa shape index (κ3) is 3.33. The van der Waals surface area contributed by atoms with Gasteiger partial charge >= 0.3 is 11.8 Å². The monoisotopic (exact) mass is 280 g/mol. The maximum atomic E-state index is 14.0. The van der Waals surface area contributed by atoms with Crippen LogP contribution in [0.2, 0.25) is 0 Å². The average Bonchev–Trinajstić information content (AvgIpc) is 2.47. The molecule has 0 saturated carbocycles. The van der Waals surface area contributed by atoms with Crippen LogP contribution < -0.4 is 5.32 Å². The minimum absolute atomic E-state index is 0.202. The highest BCUT2D eigenvalue weighted by Gasteiger charge is 2.38. The molecule has 0 bridgehead atoms. The molecule has 1 atom stereocenters. The predicted molar refractivity (Wildman–Crippen MR) is 71.8 cm³/mol. The lowest BCUT2D eigenvalue weighted by Gasteiger charge is -2.35. The van der Waals surface area contributed by atoms with Gasteiger partial charge < -0.3 is 15.3 Å². The Morgan fingerprint density at radius 3 is 2.70 bits per heavy atom. The number of halogens is 1. The first-order valence-electron chi connectivity index (χ1n) is 6.49. The number of aliphatic hydroxyl groups excluding tert-OH is 1. The van der Waals surface area contributed by atoms with Crippen LogP contribution in [0, 0.1) is 0 Å². The van der Waals surface area contributed by atoms with Crippen molar-refractivity contribution in [2.75, 3.05) is 25.0 Å². The van der Waals surface area contributed by atoms with E-state index >= 15 is 0 Å². The lowest BCUT2D eigenvalue weighted by molar-refractivity contribution is -0.146. The zero-order valence-electron chi connectivity index (χ0n) is 11.0. The van der Waals surface area contributed by atoms with Crippen LogP contribution >= 0.6 is 0 Å². The standard InChI is InChI=1S/C14H17FN2O3/c15-14(10-18)7-4-8-17(9-14)13(20)12(19)16-11-5-2-1-3-6-11/h1-3,5-6,18H,4,7-10H2,(H,16,19). The molecule has 1 aromatic rings. The summed E-state index contributed by atoms with van der Waals surface area (Å²) in [5, 5.41) is 11.5. The van der Waals surface area contributed by atoms with E-state index in [1.165, 1.54) is 0 Å². The van der Waals surface area contributed by atoms with E-state index in [0.29, 0.717) is 18.7 Å². The molecular weight excluding hydrogens is 263 g/mol. The summed E-state index contributed by atoms with van der Waals surface area (Å²) in [5.41, 5.74) is -1.29. The van der Waals surface area contributed by atoms with Crippen molar-refractivity contribution in [1.82, 2.24) is 4.90 Å². The van der Waals surface area contributed by atoms with Gasteiger partial charge in [-0.3, -0.25) is 9.59 Å². The van der Waals surface area contributed by atoms with Gasteiger partial charge in [-0.25, -0.2) is 4.39 Å². The molecular formula is C14H17FN2O3. The second-order valence-electron chi connectivity index (χ2n) is 4.96. The van der Waals surface area contributed by atoms with Crippen molar-refractivity contribution < 1.29 is 19.1 Å². The Morgan fingerprint density at radius 2 is 2.05 bits per heavy atom. The number of benzene rings is 1. The predicted octanol–water partition coefficient (Wildman–Crippen LogP) is 0.948. The number of rotatable bonds is 2. The Bertz CT molecular complexity index is 494. The molecule has 1 saturated heterocycles. The maximum absolute atomic E-state index is 14.0. The van der Waals surface area contributed by atoms with E-state index in [-0.39, 0.29) is 13.0 Å². The van der Waals surface area contributed by atoms with Gasteiger partial charge in [0, 0.05) is 12.2 Å². The molecule has 1 aliphatic rings. The lowest BCUT2D eigenvalue weighted by Crippen LogP contribution is -2.52. The molecule has 0 aromatic heterocycles. The molecule has 2 N–H and O–H groups in total. The molecule has 5 nitrogen and oxygen atoms in total. The number of carbonyl (C=O) groups is 2. The highest BCUT2D eigenvalue weighted by atomic mass is 19.1. The van der Waals surface area contributed by atoms with E-state index in [0.717, 1.165) is 4.90 Å². The van der Waals surface area contributed by atoms with Gasteiger partial charge in [-0.15, -0.1) is 0 Å². The minimum atomic E-state index is -1.80. The number of nitrogens with one attached hydrogen (secondary N) is 1. The summed E-state index contributed by atoms with van der Waals surface area (Å²) in [5.74, 6) is -1.57. The summed E-state index contributed by atoms with van der Waals surface area (Å²) in [6.07, 6.45) is 0.634. The Hall–Kier alpha value is -1.95. The van der Waals surface area contributed by atoms with Crippen LogP contribution in [0.1, 0.15) is 12.8 Å². The molecule has 108 valence electrons. The fourth-order valence-corrected chi connectivity index (χ4v) is 2.24. The van der Waals surface area contributed by atoms with Crippen LogP contribution in [0.3, 0.4) is 0 Å². The van der Waals surface area contributed by atoms with Gasteiger partial charge in [0.1, 0.15) is 0 Å². The summed E-state index contributed by atoms with van der Waals surface area (Å²) < 4.78 is 14.0. The topological polar surface area (TPSA) is 69.6 Å². The number of para-hydroxylation sites is 1. The Balaban J connectivity index is 1.98. The van der Waals surface area contributed by atoms with Gasteiger partial charge in [-0.05, 0) is 25.0 Å². The summed E-state index contributed by atoms with van der Waals surface area (Å²) in [6, 6.07) is 8.59. The number of hydrogen-bond acceptors (Lipinski definition) is 3. The molecule has 1 unspecified atom stereocenters. The molecule has 2 rings (SSSR count). The van der Waals surface area contributed by atoms with Crippen LogP contribution in [-0.4, -0.2) is 47.2 Å². The molecule has 0 aliphatic carbocycles. The van der Waals surface area contributed by atoms with Crippen molar-refractivity contribution in [3.05, 3.63) is 30.3 Å². The van der Waals surface area contributed by atoms with Crippen molar-refractivity contribution in [2.45, 2.75) is 18.5 Å². The lowest BCUT2D eigenvalue weighted by atomic mass is 9.95. The zero-order chi connectivity index (χ0) is 14.6. The molecule has 6 heteroatoms. The molecule has 20 heavy (non-hydrogen) atoms. The molecule has 2 amide bonds. The third-order valence-corrected chi connectivity index (χ3v) is 3.32. The summed E-state index contributed by atoms with van der Waals surface area (Å²) in [4.78, 5) is 24.9. The number of nitrogens with zero attached hydrogens (tertiary/aromatic N) is 1. The normalized spacial score (nSPS) is 22.4. The van der Waals surface area contributed by atoms with Gasteiger partial charge in [0.2, 0.25) is 0 Å². The highest BCUT2D eigenvalue weighted by Crippen LogP contribution is 2.24. The minimum Gasteiger partial charge on any atom is -0.393 e. The number of piperidine rings is 1. The first-order valence-corrected chi connectivity index (χ1v) is 6.49. The largest absolute Gasteiger partial charge is 0.393 e. The Morgan fingerprint density at radius 1 is 1.35 bits per heavy atom. The number of amides is 2. The van der Waals surface area contributed by atoms with E-state index in [1.54, 1.807) is 30.3 Å². The van der Waals surface area contributed by atoms with Crippen molar-refractivity contribution >= 4 is 17.5 Å². The summed E-state index contributed by atoms with van der Waals surface area (Å²) >= 11 is 0. The van der Waals surface area contributed by atoms with Crippen molar-refractivity contribution in [3.8, 4) is 0 Å². The van der Waals surface area contributed by atoms with Crippen LogP contribution in [0.15, 0.2) is 30.3 Å². The molecule has 1 fully saturated rings. The van der Waals surface area contributed by atoms with Crippen molar-refractivity contribution in [2.24, 2.45) is 0 Å². The SMILES string of the molecule is O=C(Nc1ccccc1)C(=O)N1CCCC(F)(CO)C1. The van der Waals surface area contributed by atoms with Crippen LogP contribution in [0.25, 0.3) is 0 Å². The Kier molecular flexibility index (Phi) is 4.34. The summed E-state index contributed by atoms with van der Waals surface area (Å²) in [7, 11) is 0. The second kappa shape index (κ2) is 6.00. The summed E-state index contributed by atoms with van der Waals surface area (Å²) in [6.45, 7) is -0.561. The average molecular weight is 280 g/mol. The van der Waals surface area contributed by atoms with Gasteiger partial charge in [-0.1, -0.05) is 18.2 Å². The van der Waals surface area contributed by atoms with E-state index < -0.39 is 24.1 Å². The quantitative estimate of drug-likeness (QED) is 0.792. The molecule has 0 spiro atoms. The van der Waals surface area contributed by atoms with Crippen molar-refractivity contribution in [1.29, 1.82) is 0 Å². The van der Waals surface area contributed by atoms with Gasteiger partial charge in [0.15, 0.2) is 5.67 Å². The fraction of sp³-hybridized carbons (Fsp3) is 0.429.